The molecule has 4 rings (SSSR count). The van der Waals surface area contributed by atoms with E-state index in [1.54, 1.807) is 18.9 Å². The molecule has 0 saturated carbocycles. The molecule has 16 nitrogen and oxygen atoms in total. The molecule has 374 valence electrons. The van der Waals surface area contributed by atoms with Gasteiger partial charge in [-0.3, -0.25) is 33.6 Å². The molecular weight excluding hydrogens is 863 g/mol. The highest BCUT2D eigenvalue weighted by atomic mass is 16.2. The lowest BCUT2D eigenvalue weighted by Crippen LogP contribution is -2.58. The van der Waals surface area contributed by atoms with Crippen LogP contribution in [0.2, 0.25) is 0 Å². The van der Waals surface area contributed by atoms with E-state index in [9.17, 15) is 33.6 Å². The number of amides is 6. The number of likely N-dealkylation sites (tertiary alicyclic amines) is 2. The van der Waals surface area contributed by atoms with Crippen LogP contribution >= 0.6 is 0 Å². The SMILES string of the molecule is CC[C@H](C)[C@H](NC(=O)[C@H](C)NC)C(=O)N1C[C@@H](NC(=O)/C=C/C(=O)C[C@H]2C[C@@H](C(=O)N[C@H](C)c3ccccc3)N(C(=O)[C@@H](NC(C)[C@H](C)NC)[C@@H](C)CC)C2)C[C@H]1C(=O)N[C@H](C)c1ccccc1. The third kappa shape index (κ3) is 15.0. The zero-order chi connectivity index (χ0) is 50.2. The number of carbonyl (C=O) groups is 7. The molecular formula is C52H79N9O7. The number of hydrogen-bond acceptors (Lipinski definition) is 10. The van der Waals surface area contributed by atoms with Crippen molar-refractivity contribution in [2.75, 3.05) is 27.2 Å². The van der Waals surface area contributed by atoms with Crippen LogP contribution in [0.25, 0.3) is 0 Å². The number of likely N-dealkylation sites (N-methyl/N-ethyl adjacent to an activating group) is 2. The quantitative estimate of drug-likeness (QED) is 0.0760. The van der Waals surface area contributed by atoms with E-state index in [2.05, 4.69) is 37.2 Å². The van der Waals surface area contributed by atoms with E-state index in [1.165, 1.54) is 11.0 Å². The van der Waals surface area contributed by atoms with Crippen LogP contribution in [-0.4, -0.2) is 127 Å². The largest absolute Gasteiger partial charge is 0.348 e. The van der Waals surface area contributed by atoms with E-state index in [0.29, 0.717) is 6.42 Å². The molecule has 0 radical (unpaired) electrons. The smallest absolute Gasteiger partial charge is 0.246 e. The van der Waals surface area contributed by atoms with Crippen molar-refractivity contribution in [3.63, 3.8) is 0 Å². The Kier molecular flexibility index (Phi) is 21.4. The highest BCUT2D eigenvalue weighted by molar-refractivity contribution is 5.99. The number of rotatable bonds is 24. The standard InChI is InChI=1S/C52H79N9O7/c1-12-31(3)46(55-34(6)33(5)53-10)51(67)60-29-38(27-43(60)49(65)56-35(7)39-20-16-14-17-21-39)26-42(62)24-25-45(63)58-41-28-44(50(66)57-36(8)40-22-18-15-19-23-40)61(30-41)52(68)47(32(4)13-2)59-48(64)37(9)54-11/h14-25,31-38,41,43-44,46-47,53-55H,12-13,26-30H2,1-11H3,(H,56,65)(H,57,66)(H,58,63)(H,59,64)/b25-24+/t31-,32-,33-,34?,35+,36+,37-,38-,41-,43-,44-,46-,47-/m0/s1. The van der Waals surface area contributed by atoms with E-state index in [-0.39, 0.29) is 97.8 Å². The summed E-state index contributed by atoms with van der Waals surface area (Å²) in [4.78, 5) is 100. The van der Waals surface area contributed by atoms with Crippen molar-refractivity contribution in [3.05, 3.63) is 83.9 Å². The normalized spacial score (nSPS) is 22.2. The fourth-order valence-corrected chi connectivity index (χ4v) is 8.88. The maximum Gasteiger partial charge on any atom is 0.246 e. The van der Waals surface area contributed by atoms with Gasteiger partial charge in [0, 0.05) is 43.7 Å². The second kappa shape index (κ2) is 26.3. The second-order valence-corrected chi connectivity index (χ2v) is 19.1. The number of nitrogens with zero attached hydrogens (tertiary/aromatic N) is 2. The minimum absolute atomic E-state index is 0.00262. The summed E-state index contributed by atoms with van der Waals surface area (Å²) >= 11 is 0. The summed E-state index contributed by atoms with van der Waals surface area (Å²) in [6.45, 7) is 17.5. The van der Waals surface area contributed by atoms with E-state index in [4.69, 9.17) is 0 Å². The molecule has 0 spiro atoms. The van der Waals surface area contributed by atoms with Gasteiger partial charge in [-0.05, 0) is 96.5 Å². The van der Waals surface area contributed by atoms with Crippen LogP contribution in [0.15, 0.2) is 72.8 Å². The van der Waals surface area contributed by atoms with E-state index in [1.807, 2.05) is 123 Å². The van der Waals surface area contributed by atoms with Gasteiger partial charge < -0.3 is 47.0 Å². The maximum atomic E-state index is 14.5. The van der Waals surface area contributed by atoms with Crippen molar-refractivity contribution in [2.24, 2.45) is 17.8 Å². The van der Waals surface area contributed by atoms with E-state index < -0.39 is 54.0 Å². The minimum Gasteiger partial charge on any atom is -0.348 e. The molecule has 2 saturated heterocycles. The maximum absolute atomic E-state index is 14.5. The summed E-state index contributed by atoms with van der Waals surface area (Å²) in [7, 11) is 3.52. The average molecular weight is 942 g/mol. The Hall–Kier alpha value is -5.45. The molecule has 1 unspecified atom stereocenters. The number of ketones is 1. The van der Waals surface area contributed by atoms with Crippen molar-refractivity contribution in [1.82, 2.24) is 47.0 Å². The topological polar surface area (TPSA) is 210 Å². The van der Waals surface area contributed by atoms with Crippen molar-refractivity contribution in [2.45, 2.75) is 155 Å². The Balaban J connectivity index is 1.50. The van der Waals surface area contributed by atoms with Crippen LogP contribution in [0, 0.1) is 17.8 Å². The van der Waals surface area contributed by atoms with Gasteiger partial charge in [-0.2, -0.15) is 0 Å². The van der Waals surface area contributed by atoms with Gasteiger partial charge in [0.05, 0.1) is 24.2 Å². The number of benzene rings is 2. The van der Waals surface area contributed by atoms with Crippen LogP contribution < -0.4 is 37.2 Å². The van der Waals surface area contributed by atoms with Gasteiger partial charge in [0.1, 0.15) is 18.1 Å². The summed E-state index contributed by atoms with van der Waals surface area (Å²) in [5.41, 5.74) is 1.81. The van der Waals surface area contributed by atoms with Crippen LogP contribution in [-0.2, 0) is 33.6 Å². The van der Waals surface area contributed by atoms with Crippen molar-refractivity contribution < 1.29 is 33.6 Å². The molecule has 7 N–H and O–H groups in total. The van der Waals surface area contributed by atoms with Crippen LogP contribution in [0.5, 0.6) is 0 Å². The number of hydrogen-bond donors (Lipinski definition) is 7. The number of nitrogens with one attached hydrogen (secondary N) is 7. The lowest BCUT2D eigenvalue weighted by Gasteiger charge is -2.34. The molecule has 6 amide bonds. The fourth-order valence-electron chi connectivity index (χ4n) is 8.88. The first-order valence-electron chi connectivity index (χ1n) is 24.6. The molecule has 0 aliphatic carbocycles. The Bertz CT molecular complexity index is 2040. The Morgan fingerprint density at radius 3 is 1.63 bits per heavy atom. The summed E-state index contributed by atoms with van der Waals surface area (Å²) in [6.07, 6.45) is 4.06. The Labute approximate surface area is 404 Å². The number of carbonyl (C=O) groups excluding carboxylic acids is 7. The summed E-state index contributed by atoms with van der Waals surface area (Å²) in [5, 5.41) is 21.6. The van der Waals surface area contributed by atoms with Gasteiger partial charge >= 0.3 is 0 Å². The van der Waals surface area contributed by atoms with Gasteiger partial charge in [0.2, 0.25) is 35.4 Å². The van der Waals surface area contributed by atoms with Gasteiger partial charge in [-0.15, -0.1) is 0 Å². The van der Waals surface area contributed by atoms with E-state index >= 15 is 0 Å². The predicted octanol–water partition coefficient (Wildman–Crippen LogP) is 3.70. The van der Waals surface area contributed by atoms with E-state index in [0.717, 1.165) is 23.6 Å². The van der Waals surface area contributed by atoms with Crippen LogP contribution in [0.4, 0.5) is 0 Å². The molecule has 0 aromatic heterocycles. The Morgan fingerprint density at radius 2 is 1.12 bits per heavy atom. The molecule has 2 aliphatic rings. The van der Waals surface area contributed by atoms with Crippen molar-refractivity contribution in [1.29, 1.82) is 0 Å². The zero-order valence-corrected chi connectivity index (χ0v) is 42.1. The lowest BCUT2D eigenvalue weighted by atomic mass is 9.95. The summed E-state index contributed by atoms with van der Waals surface area (Å²) in [5.74, 6) is -3.23. The minimum atomic E-state index is -0.950. The molecule has 2 heterocycles. The molecule has 2 aromatic rings. The van der Waals surface area contributed by atoms with Crippen LogP contribution in [0.3, 0.4) is 0 Å². The van der Waals surface area contributed by atoms with Gasteiger partial charge in [0.25, 0.3) is 0 Å². The van der Waals surface area contributed by atoms with Crippen molar-refractivity contribution in [3.8, 4) is 0 Å². The highest BCUT2D eigenvalue weighted by Crippen LogP contribution is 2.30. The zero-order valence-electron chi connectivity index (χ0n) is 42.1. The van der Waals surface area contributed by atoms with Gasteiger partial charge in [-0.25, -0.2) is 0 Å². The molecule has 0 bridgehead atoms. The molecule has 2 fully saturated rings. The van der Waals surface area contributed by atoms with Crippen molar-refractivity contribution >= 4 is 41.2 Å². The van der Waals surface area contributed by atoms with Crippen LogP contribution in [0.1, 0.15) is 118 Å². The lowest BCUT2D eigenvalue weighted by molar-refractivity contribution is -0.143. The van der Waals surface area contributed by atoms with Gasteiger partial charge in [-0.1, -0.05) is 101 Å². The highest BCUT2D eigenvalue weighted by Gasteiger charge is 2.45. The van der Waals surface area contributed by atoms with Gasteiger partial charge in [0.15, 0.2) is 5.78 Å². The fraction of sp³-hybridized carbons (Fsp3) is 0.596. The second-order valence-electron chi connectivity index (χ2n) is 19.1. The Morgan fingerprint density at radius 1 is 0.618 bits per heavy atom. The first-order valence-corrected chi connectivity index (χ1v) is 24.6. The molecule has 16 heteroatoms. The molecule has 2 aromatic carbocycles. The average Bonchev–Trinajstić information content (AvgIpc) is 3.97. The molecule has 2 aliphatic heterocycles. The third-order valence-electron chi connectivity index (χ3n) is 14.2. The summed E-state index contributed by atoms with van der Waals surface area (Å²) in [6, 6.07) is 13.9. The summed E-state index contributed by atoms with van der Waals surface area (Å²) < 4.78 is 0. The number of allylic oxidation sites excluding steroid dienone is 1. The first kappa shape index (κ1) is 55.1. The third-order valence-corrected chi connectivity index (χ3v) is 14.2. The first-order chi connectivity index (χ1) is 32.3. The predicted molar refractivity (Wildman–Crippen MR) is 265 cm³/mol. The molecule has 13 atom stereocenters. The molecule has 68 heavy (non-hydrogen) atoms. The monoisotopic (exact) mass is 942 g/mol.